The molecule has 2 heterocycles. The Hall–Kier alpha value is -5.15. The number of aliphatic hydroxyl groups is 1. The van der Waals surface area contributed by atoms with Crippen LogP contribution in [0.5, 0.6) is 11.5 Å². The van der Waals surface area contributed by atoms with Crippen LogP contribution in [0.2, 0.25) is 25.7 Å². The molecule has 1 saturated heterocycles. The second kappa shape index (κ2) is 17.8. The normalized spacial score (nSPS) is 18.5. The van der Waals surface area contributed by atoms with E-state index in [0.29, 0.717) is 22.7 Å². The van der Waals surface area contributed by atoms with Crippen LogP contribution in [0, 0.1) is 0 Å². The summed E-state index contributed by atoms with van der Waals surface area (Å²) in [4.78, 5) is 40.5. The third-order valence-electron chi connectivity index (χ3n) is 9.80. The van der Waals surface area contributed by atoms with E-state index in [1.807, 2.05) is 78.9 Å². The third-order valence-corrected chi connectivity index (χ3v) is 11.5. The standard InChI is InChI=1S/C43H48N2O10Si/c1-50-34-20-16-32(17-21-34)43(31-14-10-7-11-15-31,33-18-22-35(51-2)23-19-33)54-28-36-38(47)39(53-29-52-26-27-56(3,4)5)41(55-36)44-25-24-37(46)45(42(44)49)40(48)30-12-8-6-9-13-30/h6-25,36,38-39,41,47H,26-29H2,1-5H3/t36-,38-,39-,41-/m1/s1. The summed E-state index contributed by atoms with van der Waals surface area (Å²) >= 11 is 0. The summed E-state index contributed by atoms with van der Waals surface area (Å²) in [5, 5.41) is 12.0. The van der Waals surface area contributed by atoms with Gasteiger partial charge in [0.05, 0.1) is 20.8 Å². The first-order valence-corrected chi connectivity index (χ1v) is 22.1. The molecule has 0 bridgehead atoms. The van der Waals surface area contributed by atoms with Gasteiger partial charge in [-0.3, -0.25) is 14.2 Å². The van der Waals surface area contributed by atoms with E-state index in [-0.39, 0.29) is 19.0 Å². The minimum atomic E-state index is -1.41. The molecule has 6 rings (SSSR count). The molecule has 4 atom stereocenters. The number of hydrogen-bond acceptors (Lipinski definition) is 10. The number of aliphatic hydroxyl groups excluding tert-OH is 1. The van der Waals surface area contributed by atoms with E-state index in [1.54, 1.807) is 32.4 Å². The maximum atomic E-state index is 14.0. The van der Waals surface area contributed by atoms with Gasteiger partial charge in [0.2, 0.25) is 0 Å². The summed E-state index contributed by atoms with van der Waals surface area (Å²) in [6.07, 6.45) is -3.57. The monoisotopic (exact) mass is 780 g/mol. The largest absolute Gasteiger partial charge is 0.497 e. The van der Waals surface area contributed by atoms with Gasteiger partial charge in [0.1, 0.15) is 42.2 Å². The zero-order valence-corrected chi connectivity index (χ0v) is 33.2. The lowest BCUT2D eigenvalue weighted by Gasteiger charge is -2.37. The van der Waals surface area contributed by atoms with Crippen LogP contribution in [-0.4, -0.2) is 80.8 Å². The van der Waals surface area contributed by atoms with Crippen molar-refractivity contribution in [3.63, 3.8) is 0 Å². The van der Waals surface area contributed by atoms with Crippen molar-refractivity contribution in [3.05, 3.63) is 165 Å². The summed E-state index contributed by atoms with van der Waals surface area (Å²) in [6.45, 7) is 6.78. The maximum absolute atomic E-state index is 14.0. The van der Waals surface area contributed by atoms with Crippen LogP contribution in [-0.2, 0) is 24.5 Å². The van der Waals surface area contributed by atoms with Crippen LogP contribution in [0.3, 0.4) is 0 Å². The van der Waals surface area contributed by atoms with E-state index in [9.17, 15) is 19.5 Å². The molecule has 56 heavy (non-hydrogen) atoms. The Morgan fingerprint density at radius 1 is 0.786 bits per heavy atom. The van der Waals surface area contributed by atoms with Crippen molar-refractivity contribution in [1.82, 2.24) is 9.13 Å². The summed E-state index contributed by atoms with van der Waals surface area (Å²) < 4.78 is 38.0. The predicted molar refractivity (Wildman–Crippen MR) is 213 cm³/mol. The molecule has 5 aromatic rings. The van der Waals surface area contributed by atoms with E-state index < -0.39 is 55.4 Å². The molecule has 13 heteroatoms. The van der Waals surface area contributed by atoms with E-state index in [4.69, 9.17) is 28.4 Å². The van der Waals surface area contributed by atoms with Crippen LogP contribution in [0.4, 0.5) is 0 Å². The molecule has 0 amide bonds. The number of aromatic nitrogens is 2. The van der Waals surface area contributed by atoms with E-state index in [1.165, 1.54) is 18.3 Å². The fourth-order valence-corrected chi connectivity index (χ4v) is 7.44. The number of nitrogens with zero attached hydrogens (tertiary/aromatic N) is 2. The minimum absolute atomic E-state index is 0.154. The molecule has 1 aromatic heterocycles. The molecule has 4 aromatic carbocycles. The zero-order chi connectivity index (χ0) is 39.9. The summed E-state index contributed by atoms with van der Waals surface area (Å²) in [5.41, 5.74) is -0.503. The first kappa shape index (κ1) is 40.5. The van der Waals surface area contributed by atoms with Gasteiger partial charge in [-0.2, -0.15) is 4.57 Å². The third kappa shape index (κ3) is 8.78. The number of hydrogen-bond donors (Lipinski definition) is 1. The molecule has 0 spiro atoms. The number of benzene rings is 4. The van der Waals surface area contributed by atoms with Crippen molar-refractivity contribution >= 4 is 14.0 Å². The molecular weight excluding hydrogens is 733 g/mol. The van der Waals surface area contributed by atoms with Crippen molar-refractivity contribution in [2.45, 2.75) is 55.8 Å². The number of ether oxygens (including phenoxy) is 6. The number of carbonyl (C=O) groups is 1. The molecule has 0 aliphatic carbocycles. The lowest BCUT2D eigenvalue weighted by molar-refractivity contribution is -0.138. The molecule has 294 valence electrons. The van der Waals surface area contributed by atoms with Gasteiger partial charge in [-0.15, -0.1) is 0 Å². The van der Waals surface area contributed by atoms with Crippen LogP contribution >= 0.6 is 0 Å². The van der Waals surface area contributed by atoms with Crippen LogP contribution in [0.1, 0.15) is 33.3 Å². The molecule has 1 aliphatic heterocycles. The van der Waals surface area contributed by atoms with E-state index in [2.05, 4.69) is 19.6 Å². The number of carbonyl (C=O) groups excluding carboxylic acids is 1. The Morgan fingerprint density at radius 2 is 1.34 bits per heavy atom. The summed E-state index contributed by atoms with van der Waals surface area (Å²) in [6, 6.07) is 34.8. The van der Waals surface area contributed by atoms with Gasteiger partial charge in [0.25, 0.3) is 11.5 Å². The topological polar surface area (TPSA) is 137 Å². The first-order valence-electron chi connectivity index (χ1n) is 18.4. The fourth-order valence-electron chi connectivity index (χ4n) is 6.69. The second-order valence-electron chi connectivity index (χ2n) is 14.7. The van der Waals surface area contributed by atoms with Gasteiger partial charge >= 0.3 is 5.69 Å². The van der Waals surface area contributed by atoms with Gasteiger partial charge in [-0.1, -0.05) is 92.4 Å². The highest BCUT2D eigenvalue weighted by atomic mass is 28.3. The molecular formula is C43H48N2O10Si. The summed E-state index contributed by atoms with van der Waals surface area (Å²) in [5.74, 6) is 0.520. The highest BCUT2D eigenvalue weighted by Gasteiger charge is 2.48. The van der Waals surface area contributed by atoms with Crippen LogP contribution in [0.25, 0.3) is 0 Å². The molecule has 0 radical (unpaired) electrons. The average molecular weight is 781 g/mol. The minimum Gasteiger partial charge on any atom is -0.497 e. The van der Waals surface area contributed by atoms with Crippen LogP contribution < -0.4 is 20.7 Å². The Kier molecular flexibility index (Phi) is 12.8. The second-order valence-corrected chi connectivity index (χ2v) is 20.3. The van der Waals surface area contributed by atoms with Crippen molar-refractivity contribution < 1.29 is 38.3 Å². The molecule has 12 nitrogen and oxygen atoms in total. The van der Waals surface area contributed by atoms with Crippen molar-refractivity contribution in [1.29, 1.82) is 0 Å². The average Bonchev–Trinajstić information content (AvgIpc) is 3.52. The van der Waals surface area contributed by atoms with Gasteiger partial charge in [-0.05, 0) is 59.1 Å². The SMILES string of the molecule is COc1ccc(C(OC[C@H]2O[C@@H](n3ccc(=O)n(C(=O)c4ccccc4)c3=O)[C@H](OCOCC[Si](C)(C)C)[C@@H]2O)(c2ccccc2)c2ccc(OC)cc2)cc1. The number of rotatable bonds is 16. The fraction of sp³-hybridized carbons (Fsp3) is 0.326. The van der Waals surface area contributed by atoms with E-state index in [0.717, 1.165) is 33.4 Å². The maximum Gasteiger partial charge on any atom is 0.340 e. The molecule has 0 unspecified atom stereocenters. The quantitative estimate of drug-likeness (QED) is 0.0577. The molecule has 1 N–H and O–H groups in total. The lowest BCUT2D eigenvalue weighted by Crippen LogP contribution is -2.46. The highest BCUT2D eigenvalue weighted by Crippen LogP contribution is 2.43. The molecule has 1 fully saturated rings. The number of methoxy groups -OCH3 is 2. The van der Waals surface area contributed by atoms with Crippen molar-refractivity contribution in [2.75, 3.05) is 34.2 Å². The zero-order valence-electron chi connectivity index (χ0n) is 32.2. The summed E-state index contributed by atoms with van der Waals surface area (Å²) in [7, 11) is 1.79. The first-order chi connectivity index (χ1) is 27.0. The highest BCUT2D eigenvalue weighted by molar-refractivity contribution is 6.76. The van der Waals surface area contributed by atoms with Crippen molar-refractivity contribution in [3.8, 4) is 11.5 Å². The Bertz CT molecular complexity index is 2120. The molecule has 0 saturated carbocycles. The molecule has 1 aliphatic rings. The van der Waals surface area contributed by atoms with Crippen molar-refractivity contribution in [2.24, 2.45) is 0 Å². The predicted octanol–water partition coefficient (Wildman–Crippen LogP) is 5.68. The van der Waals surface area contributed by atoms with Gasteiger partial charge in [-0.25, -0.2) is 4.79 Å². The smallest absolute Gasteiger partial charge is 0.340 e. The van der Waals surface area contributed by atoms with E-state index >= 15 is 0 Å². The Balaban J connectivity index is 1.38. The van der Waals surface area contributed by atoms with Gasteiger partial charge in [0, 0.05) is 32.5 Å². The Labute approximate surface area is 326 Å². The van der Waals surface area contributed by atoms with Gasteiger partial charge in [0.15, 0.2) is 6.23 Å². The van der Waals surface area contributed by atoms with Crippen LogP contribution in [0.15, 0.2) is 131 Å². The van der Waals surface area contributed by atoms with Gasteiger partial charge < -0.3 is 33.5 Å². The lowest BCUT2D eigenvalue weighted by atomic mass is 9.80. The Morgan fingerprint density at radius 3 is 1.89 bits per heavy atom.